The second kappa shape index (κ2) is 5.72. The van der Waals surface area contributed by atoms with E-state index in [1.54, 1.807) is 22.9 Å². The number of rotatable bonds is 2. The first kappa shape index (κ1) is 14.4. The average Bonchev–Trinajstić information content (AvgIpc) is 2.81. The van der Waals surface area contributed by atoms with Crippen LogP contribution in [-0.2, 0) is 0 Å². The minimum atomic E-state index is 0.496. The number of nitrogens with zero attached hydrogens (tertiary/aromatic N) is 2. The van der Waals surface area contributed by atoms with Gasteiger partial charge in [-0.1, -0.05) is 57.3 Å². The number of nitrogen functional groups attached to an aromatic ring is 1. The van der Waals surface area contributed by atoms with Crippen LogP contribution in [0.1, 0.15) is 0 Å². The topological polar surface area (TPSA) is 43.8 Å². The zero-order valence-corrected chi connectivity index (χ0v) is 13.8. The van der Waals surface area contributed by atoms with Gasteiger partial charge in [0.2, 0.25) is 0 Å². The minimum absolute atomic E-state index is 0.496. The summed E-state index contributed by atoms with van der Waals surface area (Å²) >= 11 is 15.6. The highest BCUT2D eigenvalue weighted by atomic mass is 79.9. The molecule has 0 bridgehead atoms. The molecule has 0 aliphatic heterocycles. The number of aromatic nitrogens is 2. The van der Waals surface area contributed by atoms with E-state index in [-0.39, 0.29) is 0 Å². The highest BCUT2D eigenvalue weighted by Crippen LogP contribution is 2.31. The van der Waals surface area contributed by atoms with Crippen LogP contribution in [0.4, 0.5) is 5.82 Å². The van der Waals surface area contributed by atoms with Crippen LogP contribution in [0.5, 0.6) is 0 Å². The predicted molar refractivity (Wildman–Crippen MR) is 91.1 cm³/mol. The summed E-state index contributed by atoms with van der Waals surface area (Å²) in [4.78, 5) is 0. The van der Waals surface area contributed by atoms with Gasteiger partial charge >= 0.3 is 0 Å². The van der Waals surface area contributed by atoms with Crippen molar-refractivity contribution in [1.82, 2.24) is 9.78 Å². The van der Waals surface area contributed by atoms with Crippen molar-refractivity contribution in [2.24, 2.45) is 0 Å². The molecule has 2 aromatic carbocycles. The van der Waals surface area contributed by atoms with E-state index in [0.29, 0.717) is 21.6 Å². The van der Waals surface area contributed by atoms with E-state index in [1.807, 2.05) is 30.3 Å². The summed E-state index contributed by atoms with van der Waals surface area (Å²) in [7, 11) is 0. The molecule has 0 fully saturated rings. The van der Waals surface area contributed by atoms with E-state index >= 15 is 0 Å². The Morgan fingerprint density at radius 2 is 1.81 bits per heavy atom. The van der Waals surface area contributed by atoms with Gasteiger partial charge in [-0.15, -0.1) is 0 Å². The molecule has 0 atom stereocenters. The second-order valence-electron chi connectivity index (χ2n) is 4.44. The molecular formula is C15H10BrCl2N3. The maximum atomic E-state index is 6.21. The molecule has 1 heterocycles. The minimum Gasteiger partial charge on any atom is -0.384 e. The van der Waals surface area contributed by atoms with Crippen molar-refractivity contribution in [2.45, 2.75) is 0 Å². The van der Waals surface area contributed by atoms with Gasteiger partial charge in [0.25, 0.3) is 0 Å². The lowest BCUT2D eigenvalue weighted by Crippen LogP contribution is -2.02. The molecule has 0 unspecified atom stereocenters. The smallest absolute Gasteiger partial charge is 0.127 e. The van der Waals surface area contributed by atoms with Gasteiger partial charge in [0.05, 0.1) is 16.4 Å². The van der Waals surface area contributed by atoms with Crippen molar-refractivity contribution in [2.75, 3.05) is 5.73 Å². The third kappa shape index (κ3) is 2.79. The van der Waals surface area contributed by atoms with Gasteiger partial charge in [-0.25, -0.2) is 4.68 Å². The fourth-order valence-electron chi connectivity index (χ4n) is 2.04. The summed E-state index contributed by atoms with van der Waals surface area (Å²) in [5.74, 6) is 0.505. The SMILES string of the molecule is Nc1cc(-c2ccccc2Br)nn1-c1ccc(Cl)cc1Cl. The monoisotopic (exact) mass is 381 g/mol. The van der Waals surface area contributed by atoms with Gasteiger partial charge < -0.3 is 5.73 Å². The standard InChI is InChI=1S/C15H10BrCl2N3/c16-11-4-2-1-3-10(11)13-8-15(19)21(20-13)14-6-5-9(17)7-12(14)18/h1-8H,19H2. The number of nitrogens with two attached hydrogens (primary N) is 1. The number of halogens is 3. The molecule has 106 valence electrons. The van der Waals surface area contributed by atoms with Gasteiger partial charge in [-0.2, -0.15) is 5.10 Å². The molecule has 0 amide bonds. The molecule has 3 rings (SSSR count). The average molecular weight is 383 g/mol. The molecule has 0 aliphatic carbocycles. The number of hydrogen-bond donors (Lipinski definition) is 1. The third-order valence-electron chi connectivity index (χ3n) is 3.02. The van der Waals surface area contributed by atoms with E-state index in [1.165, 1.54) is 0 Å². The Labute approximate surface area is 140 Å². The lowest BCUT2D eigenvalue weighted by molar-refractivity contribution is 0.895. The van der Waals surface area contributed by atoms with Gasteiger partial charge in [-0.05, 0) is 24.3 Å². The lowest BCUT2D eigenvalue weighted by atomic mass is 10.1. The van der Waals surface area contributed by atoms with Crippen LogP contribution in [0.15, 0.2) is 53.0 Å². The fourth-order valence-corrected chi connectivity index (χ4v) is 3.02. The molecule has 2 N–H and O–H groups in total. The highest BCUT2D eigenvalue weighted by Gasteiger charge is 2.13. The van der Waals surface area contributed by atoms with Gasteiger partial charge in [0.15, 0.2) is 0 Å². The van der Waals surface area contributed by atoms with Crippen LogP contribution >= 0.6 is 39.1 Å². The zero-order chi connectivity index (χ0) is 15.0. The first-order valence-corrected chi connectivity index (χ1v) is 7.67. The van der Waals surface area contributed by atoms with Crippen LogP contribution in [0.3, 0.4) is 0 Å². The van der Waals surface area contributed by atoms with Crippen molar-refractivity contribution in [1.29, 1.82) is 0 Å². The van der Waals surface area contributed by atoms with Crippen LogP contribution in [-0.4, -0.2) is 9.78 Å². The van der Waals surface area contributed by atoms with E-state index in [2.05, 4.69) is 21.0 Å². The third-order valence-corrected chi connectivity index (χ3v) is 4.25. The summed E-state index contributed by atoms with van der Waals surface area (Å²) in [6.07, 6.45) is 0. The maximum Gasteiger partial charge on any atom is 0.127 e. The Bertz CT molecular complexity index is 814. The first-order chi connectivity index (χ1) is 10.1. The zero-order valence-electron chi connectivity index (χ0n) is 10.7. The Morgan fingerprint density at radius 1 is 1.05 bits per heavy atom. The van der Waals surface area contributed by atoms with Gasteiger partial charge in [-0.3, -0.25) is 0 Å². The maximum absolute atomic E-state index is 6.21. The molecule has 0 spiro atoms. The summed E-state index contributed by atoms with van der Waals surface area (Å²) in [6.45, 7) is 0. The molecule has 0 saturated carbocycles. The summed E-state index contributed by atoms with van der Waals surface area (Å²) in [5, 5.41) is 5.60. The molecule has 0 radical (unpaired) electrons. The molecule has 1 aromatic heterocycles. The molecule has 21 heavy (non-hydrogen) atoms. The Kier molecular flexibility index (Phi) is 3.93. The summed E-state index contributed by atoms with van der Waals surface area (Å²) in [5.41, 5.74) is 8.49. The normalized spacial score (nSPS) is 10.8. The van der Waals surface area contributed by atoms with Crippen molar-refractivity contribution in [3.63, 3.8) is 0 Å². The summed E-state index contributed by atoms with van der Waals surface area (Å²) in [6, 6.07) is 14.8. The fraction of sp³-hybridized carbons (Fsp3) is 0. The van der Waals surface area contributed by atoms with Crippen LogP contribution in [0.25, 0.3) is 16.9 Å². The molecular weight excluding hydrogens is 373 g/mol. The van der Waals surface area contributed by atoms with Crippen molar-refractivity contribution >= 4 is 44.9 Å². The highest BCUT2D eigenvalue weighted by molar-refractivity contribution is 9.10. The van der Waals surface area contributed by atoms with Crippen molar-refractivity contribution in [3.8, 4) is 16.9 Å². The summed E-state index contributed by atoms with van der Waals surface area (Å²) < 4.78 is 2.56. The van der Waals surface area contributed by atoms with Gasteiger partial charge in [0, 0.05) is 21.1 Å². The molecule has 3 nitrogen and oxygen atoms in total. The molecule has 0 aliphatic rings. The van der Waals surface area contributed by atoms with Gasteiger partial charge in [0.1, 0.15) is 5.82 Å². The van der Waals surface area contributed by atoms with Crippen LogP contribution in [0.2, 0.25) is 10.0 Å². The second-order valence-corrected chi connectivity index (χ2v) is 6.14. The molecule has 6 heteroatoms. The van der Waals surface area contributed by atoms with E-state index < -0.39 is 0 Å². The lowest BCUT2D eigenvalue weighted by Gasteiger charge is -2.06. The quantitative estimate of drug-likeness (QED) is 0.662. The van der Waals surface area contributed by atoms with Crippen LogP contribution < -0.4 is 5.73 Å². The van der Waals surface area contributed by atoms with Crippen LogP contribution in [0, 0.1) is 0 Å². The largest absolute Gasteiger partial charge is 0.384 e. The molecule has 3 aromatic rings. The number of anilines is 1. The molecule has 0 saturated heterocycles. The van der Waals surface area contributed by atoms with Crippen molar-refractivity contribution in [3.05, 3.63) is 63.0 Å². The predicted octanol–water partition coefficient (Wildman–Crippen LogP) is 5.19. The van der Waals surface area contributed by atoms with E-state index in [0.717, 1.165) is 15.7 Å². The Morgan fingerprint density at radius 3 is 2.52 bits per heavy atom. The first-order valence-electron chi connectivity index (χ1n) is 6.12. The van der Waals surface area contributed by atoms with Crippen molar-refractivity contribution < 1.29 is 0 Å². The Balaban J connectivity index is 2.12. The Hall–Kier alpha value is -1.49. The van der Waals surface area contributed by atoms with E-state index in [9.17, 15) is 0 Å². The number of hydrogen-bond acceptors (Lipinski definition) is 2. The number of benzene rings is 2. The van der Waals surface area contributed by atoms with E-state index in [4.69, 9.17) is 28.9 Å².